The average Bonchev–Trinajstić information content (AvgIpc) is 3.16. The quantitative estimate of drug-likeness (QED) is 0.367. The Kier molecular flexibility index (Phi) is 8.71. The molecule has 4 rings (SSSR count). The van der Waals surface area contributed by atoms with Gasteiger partial charge in [0.05, 0.1) is 28.3 Å². The number of carbonyl (C=O) groups excluding carboxylic acids is 2. The molecule has 192 valence electrons. The van der Waals surface area contributed by atoms with Gasteiger partial charge < -0.3 is 24.8 Å². The molecule has 7 nitrogen and oxygen atoms in total. The number of amides is 2. The molecule has 0 aliphatic carbocycles. The van der Waals surface area contributed by atoms with Gasteiger partial charge in [-0.15, -0.1) is 0 Å². The molecule has 0 aromatic heterocycles. The number of nitrogens with zero attached hydrogens (tertiary/aromatic N) is 1. The molecule has 1 aliphatic rings. The number of ether oxygens (including phenoxy) is 2. The highest BCUT2D eigenvalue weighted by atomic mass is 35.5. The van der Waals surface area contributed by atoms with Crippen LogP contribution in [-0.2, 0) is 27.5 Å². The van der Waals surface area contributed by atoms with Gasteiger partial charge in [0, 0.05) is 25.8 Å². The Bertz CT molecular complexity index is 1310. The summed E-state index contributed by atoms with van der Waals surface area (Å²) in [5, 5.41) is 14.4. The van der Waals surface area contributed by atoms with Gasteiger partial charge in [0.25, 0.3) is 11.8 Å². The van der Waals surface area contributed by atoms with Gasteiger partial charge in [-0.1, -0.05) is 77.8 Å². The summed E-state index contributed by atoms with van der Waals surface area (Å²) in [7, 11) is 1.52. The Hall–Kier alpha value is -3.52. The molecule has 1 heterocycles. The Morgan fingerprint density at radius 3 is 2.46 bits per heavy atom. The summed E-state index contributed by atoms with van der Waals surface area (Å²) in [6.07, 6.45) is 0. The summed E-state index contributed by atoms with van der Waals surface area (Å²) < 4.78 is 11.3. The van der Waals surface area contributed by atoms with Crippen molar-refractivity contribution in [1.29, 1.82) is 0 Å². The number of benzene rings is 3. The zero-order chi connectivity index (χ0) is 26.4. The van der Waals surface area contributed by atoms with E-state index in [0.29, 0.717) is 33.5 Å². The Morgan fingerprint density at radius 1 is 1.00 bits per heavy atom. The van der Waals surface area contributed by atoms with Crippen LogP contribution in [0.25, 0.3) is 0 Å². The summed E-state index contributed by atoms with van der Waals surface area (Å²) >= 11 is 12.1. The van der Waals surface area contributed by atoms with Gasteiger partial charge in [-0.25, -0.2) is 0 Å². The van der Waals surface area contributed by atoms with E-state index in [1.165, 1.54) is 12.0 Å². The number of carbonyl (C=O) groups is 2. The molecule has 0 fully saturated rings. The van der Waals surface area contributed by atoms with Gasteiger partial charge in [-0.3, -0.25) is 9.59 Å². The maximum atomic E-state index is 13.4. The third-order valence-corrected chi connectivity index (χ3v) is 6.71. The standard InChI is InChI=1S/C28H26Cl2N2O5/c1-36-14-13-32-25(20-9-5-6-10-23(20)37-17-18-7-3-2-4-8-18)24(26(33)28(32)35)27(34)31-16-19-11-12-21(29)22(30)15-19/h2-12,15,25,33H,13-14,16-17H2,1H3,(H,31,34). The molecule has 3 aromatic carbocycles. The molecule has 2 amide bonds. The first-order chi connectivity index (χ1) is 17.9. The lowest BCUT2D eigenvalue weighted by molar-refractivity contribution is -0.130. The van der Waals surface area contributed by atoms with Gasteiger partial charge in [0.1, 0.15) is 12.4 Å². The summed E-state index contributed by atoms with van der Waals surface area (Å²) in [5.41, 5.74) is 2.20. The van der Waals surface area contributed by atoms with E-state index in [9.17, 15) is 14.7 Å². The number of aliphatic hydroxyl groups is 1. The second kappa shape index (κ2) is 12.1. The first-order valence-electron chi connectivity index (χ1n) is 11.6. The monoisotopic (exact) mass is 540 g/mol. The minimum atomic E-state index is -0.872. The van der Waals surface area contributed by atoms with E-state index < -0.39 is 23.6 Å². The molecule has 3 aromatic rings. The van der Waals surface area contributed by atoms with E-state index in [4.69, 9.17) is 32.7 Å². The largest absolute Gasteiger partial charge is 0.503 e. The fourth-order valence-corrected chi connectivity index (χ4v) is 4.45. The molecule has 1 atom stereocenters. The highest BCUT2D eigenvalue weighted by Gasteiger charge is 2.44. The zero-order valence-corrected chi connectivity index (χ0v) is 21.6. The maximum absolute atomic E-state index is 13.4. The van der Waals surface area contributed by atoms with Crippen LogP contribution in [0.2, 0.25) is 10.0 Å². The predicted molar refractivity (Wildman–Crippen MR) is 142 cm³/mol. The Labute approximate surface area is 225 Å². The smallest absolute Gasteiger partial charge is 0.290 e. The van der Waals surface area contributed by atoms with Gasteiger partial charge >= 0.3 is 0 Å². The fraction of sp³-hybridized carbons (Fsp3) is 0.214. The van der Waals surface area contributed by atoms with Gasteiger partial charge in [0.2, 0.25) is 0 Å². The highest BCUT2D eigenvalue weighted by Crippen LogP contribution is 2.41. The van der Waals surface area contributed by atoms with Crippen molar-refractivity contribution in [2.45, 2.75) is 19.2 Å². The topological polar surface area (TPSA) is 88.1 Å². The highest BCUT2D eigenvalue weighted by molar-refractivity contribution is 6.42. The summed E-state index contributed by atoms with van der Waals surface area (Å²) in [4.78, 5) is 27.9. The van der Waals surface area contributed by atoms with Crippen LogP contribution in [0.4, 0.5) is 0 Å². The summed E-state index contributed by atoms with van der Waals surface area (Å²) in [6, 6.07) is 21.0. The lowest BCUT2D eigenvalue weighted by Crippen LogP contribution is -2.35. The lowest BCUT2D eigenvalue weighted by Gasteiger charge is -2.28. The van der Waals surface area contributed by atoms with Gasteiger partial charge in [-0.05, 0) is 29.3 Å². The molecule has 1 aliphatic heterocycles. The maximum Gasteiger partial charge on any atom is 0.290 e. The van der Waals surface area contributed by atoms with E-state index in [0.717, 1.165) is 5.56 Å². The molecule has 1 unspecified atom stereocenters. The molecule has 0 saturated heterocycles. The molecule has 0 spiro atoms. The van der Waals surface area contributed by atoms with Crippen LogP contribution in [0.1, 0.15) is 22.7 Å². The summed E-state index contributed by atoms with van der Waals surface area (Å²) in [6.45, 7) is 0.810. The van der Waals surface area contributed by atoms with Crippen LogP contribution >= 0.6 is 23.2 Å². The van der Waals surface area contributed by atoms with Crippen molar-refractivity contribution in [1.82, 2.24) is 10.2 Å². The SMILES string of the molecule is COCCN1C(=O)C(O)=C(C(=O)NCc2ccc(Cl)c(Cl)c2)C1c1ccccc1OCc1ccccc1. The summed E-state index contributed by atoms with van der Waals surface area (Å²) in [5.74, 6) is -1.35. The molecular weight excluding hydrogens is 515 g/mol. The van der Waals surface area contributed by atoms with Crippen molar-refractivity contribution in [2.75, 3.05) is 20.3 Å². The van der Waals surface area contributed by atoms with Crippen LogP contribution in [0.5, 0.6) is 5.75 Å². The van der Waals surface area contributed by atoms with Crippen LogP contribution in [0.3, 0.4) is 0 Å². The van der Waals surface area contributed by atoms with Gasteiger partial charge in [-0.2, -0.15) is 0 Å². The number of nitrogens with one attached hydrogen (secondary N) is 1. The first-order valence-corrected chi connectivity index (χ1v) is 12.4. The van der Waals surface area contributed by atoms with Crippen molar-refractivity contribution in [3.63, 3.8) is 0 Å². The fourth-order valence-electron chi connectivity index (χ4n) is 4.13. The van der Waals surface area contributed by atoms with Crippen molar-refractivity contribution >= 4 is 35.0 Å². The van der Waals surface area contributed by atoms with E-state index in [-0.39, 0.29) is 25.3 Å². The van der Waals surface area contributed by atoms with Gasteiger partial charge in [0.15, 0.2) is 5.76 Å². The molecule has 2 N–H and O–H groups in total. The van der Waals surface area contributed by atoms with E-state index in [1.807, 2.05) is 36.4 Å². The minimum Gasteiger partial charge on any atom is -0.503 e. The van der Waals surface area contributed by atoms with Crippen molar-refractivity contribution in [2.24, 2.45) is 0 Å². The number of aliphatic hydroxyl groups excluding tert-OH is 1. The van der Waals surface area contributed by atoms with Crippen LogP contribution in [0, 0.1) is 0 Å². The Morgan fingerprint density at radius 2 is 1.73 bits per heavy atom. The molecule has 0 radical (unpaired) electrons. The van der Waals surface area contributed by atoms with Crippen molar-refractivity contribution in [3.8, 4) is 5.75 Å². The molecule has 0 saturated carbocycles. The number of rotatable bonds is 10. The first kappa shape index (κ1) is 26.5. The average molecular weight is 541 g/mol. The van der Waals surface area contributed by atoms with Crippen molar-refractivity contribution in [3.05, 3.63) is 111 Å². The second-order valence-corrected chi connectivity index (χ2v) is 9.21. The number of hydrogen-bond donors (Lipinski definition) is 2. The van der Waals surface area contributed by atoms with Crippen LogP contribution < -0.4 is 10.1 Å². The van der Waals surface area contributed by atoms with E-state index >= 15 is 0 Å². The Balaban J connectivity index is 1.64. The number of para-hydroxylation sites is 1. The molecule has 0 bridgehead atoms. The minimum absolute atomic E-state index is 0.0584. The molecular formula is C28H26Cl2N2O5. The zero-order valence-electron chi connectivity index (χ0n) is 20.1. The molecule has 37 heavy (non-hydrogen) atoms. The number of hydrogen-bond acceptors (Lipinski definition) is 5. The normalized spacial score (nSPS) is 15.3. The second-order valence-electron chi connectivity index (χ2n) is 8.40. The van der Waals surface area contributed by atoms with Crippen LogP contribution in [-0.4, -0.2) is 42.1 Å². The third kappa shape index (κ3) is 6.07. The number of halogens is 2. The van der Waals surface area contributed by atoms with Crippen molar-refractivity contribution < 1.29 is 24.2 Å². The van der Waals surface area contributed by atoms with Crippen LogP contribution in [0.15, 0.2) is 84.1 Å². The predicted octanol–water partition coefficient (Wildman–Crippen LogP) is 5.23. The number of methoxy groups -OCH3 is 1. The third-order valence-electron chi connectivity index (χ3n) is 5.97. The molecule has 9 heteroatoms. The van der Waals surface area contributed by atoms with E-state index in [2.05, 4.69) is 5.32 Å². The lowest BCUT2D eigenvalue weighted by atomic mass is 9.97. The van der Waals surface area contributed by atoms with E-state index in [1.54, 1.807) is 36.4 Å².